The fourth-order valence-corrected chi connectivity index (χ4v) is 2.25. The number of benzene rings is 1. The van der Waals surface area contributed by atoms with Gasteiger partial charge in [0.05, 0.1) is 10.2 Å². The molecular formula is C14H10BrF4NO6. The molecule has 12 heteroatoms. The lowest BCUT2D eigenvalue weighted by Crippen LogP contribution is -2.42. The number of esters is 2. The van der Waals surface area contributed by atoms with Crippen molar-refractivity contribution in [2.24, 2.45) is 0 Å². The Hall–Kier alpha value is -2.50. The van der Waals surface area contributed by atoms with Gasteiger partial charge in [-0.2, -0.15) is 0 Å². The molecule has 142 valence electrons. The monoisotopic (exact) mass is 443 g/mol. The Labute approximate surface area is 151 Å². The Bertz CT molecular complexity index is 784. The van der Waals surface area contributed by atoms with Gasteiger partial charge < -0.3 is 24.6 Å². The molecular weight excluding hydrogens is 434 g/mol. The largest absolute Gasteiger partial charge is 0.573 e. The standard InChI is InChI=1S/C14H10BrF4NO6/c1-13(2)25-11(22)5(12(23)26-13)4-20-7-3-6(15)8(16)10(9(7)21)24-14(17,18)19/h3-4,20-21H,1-2H3. The number of hydrogen-bond donors (Lipinski definition) is 2. The summed E-state index contributed by atoms with van der Waals surface area (Å²) >= 11 is 2.67. The van der Waals surface area contributed by atoms with Crippen LogP contribution in [0.2, 0.25) is 0 Å². The van der Waals surface area contributed by atoms with Gasteiger partial charge in [0.15, 0.2) is 17.1 Å². The van der Waals surface area contributed by atoms with E-state index in [0.29, 0.717) is 0 Å². The number of carbonyl (C=O) groups excluding carboxylic acids is 2. The summed E-state index contributed by atoms with van der Waals surface area (Å²) in [5, 5.41) is 12.0. The molecule has 1 aliphatic rings. The van der Waals surface area contributed by atoms with Crippen LogP contribution >= 0.6 is 15.9 Å². The first-order valence-corrected chi connectivity index (χ1v) is 7.50. The highest BCUT2D eigenvalue weighted by atomic mass is 79.9. The van der Waals surface area contributed by atoms with E-state index in [-0.39, 0.29) is 0 Å². The van der Waals surface area contributed by atoms with Crippen molar-refractivity contribution in [3.8, 4) is 11.5 Å². The lowest BCUT2D eigenvalue weighted by atomic mass is 10.2. The molecule has 2 N–H and O–H groups in total. The third-order valence-electron chi connectivity index (χ3n) is 2.86. The zero-order valence-electron chi connectivity index (χ0n) is 13.0. The lowest BCUT2D eigenvalue weighted by Gasteiger charge is -2.29. The average molecular weight is 444 g/mol. The SMILES string of the molecule is CC1(C)OC(=O)C(=CNc2cc(Br)c(F)c(OC(F)(F)F)c2O)C(=O)O1. The normalized spacial score (nSPS) is 16.7. The summed E-state index contributed by atoms with van der Waals surface area (Å²) in [7, 11) is 0. The van der Waals surface area contributed by atoms with Gasteiger partial charge in [0.1, 0.15) is 0 Å². The Balaban J connectivity index is 2.36. The van der Waals surface area contributed by atoms with Crippen molar-refractivity contribution in [3.63, 3.8) is 0 Å². The molecule has 0 amide bonds. The van der Waals surface area contributed by atoms with Crippen molar-refractivity contribution in [3.05, 3.63) is 28.1 Å². The number of carbonyl (C=O) groups is 2. The number of rotatable bonds is 3. The number of anilines is 1. The fourth-order valence-electron chi connectivity index (χ4n) is 1.84. The van der Waals surface area contributed by atoms with Gasteiger partial charge in [-0.15, -0.1) is 13.2 Å². The predicted molar refractivity (Wildman–Crippen MR) is 80.4 cm³/mol. The summed E-state index contributed by atoms with van der Waals surface area (Å²) in [5.74, 6) is -7.85. The van der Waals surface area contributed by atoms with E-state index >= 15 is 0 Å². The summed E-state index contributed by atoms with van der Waals surface area (Å²) in [4.78, 5) is 23.5. The molecule has 0 atom stereocenters. The molecule has 26 heavy (non-hydrogen) atoms. The minimum atomic E-state index is -5.27. The maximum atomic E-state index is 13.8. The van der Waals surface area contributed by atoms with Crippen LogP contribution in [0.4, 0.5) is 23.2 Å². The van der Waals surface area contributed by atoms with E-state index in [4.69, 9.17) is 9.47 Å². The van der Waals surface area contributed by atoms with Gasteiger partial charge in [-0.1, -0.05) is 0 Å². The topological polar surface area (TPSA) is 94.1 Å². The van der Waals surface area contributed by atoms with Crippen molar-refractivity contribution in [2.75, 3.05) is 5.32 Å². The molecule has 0 unspecified atom stereocenters. The van der Waals surface area contributed by atoms with Crippen LogP contribution in [0, 0.1) is 5.82 Å². The van der Waals surface area contributed by atoms with E-state index in [9.17, 15) is 32.3 Å². The molecule has 0 aliphatic carbocycles. The molecule has 2 rings (SSSR count). The van der Waals surface area contributed by atoms with Gasteiger partial charge in [-0.3, -0.25) is 0 Å². The van der Waals surface area contributed by atoms with Crippen molar-refractivity contribution < 1.29 is 46.5 Å². The summed E-state index contributed by atoms with van der Waals surface area (Å²) in [5.41, 5.74) is -1.11. The molecule has 7 nitrogen and oxygen atoms in total. The second kappa shape index (κ2) is 6.67. The van der Waals surface area contributed by atoms with Gasteiger partial charge in [0, 0.05) is 20.0 Å². The number of ether oxygens (including phenoxy) is 3. The smallest absolute Gasteiger partial charge is 0.503 e. The first-order valence-electron chi connectivity index (χ1n) is 6.71. The average Bonchev–Trinajstić information content (AvgIpc) is 2.45. The van der Waals surface area contributed by atoms with Gasteiger partial charge in [-0.25, -0.2) is 14.0 Å². The van der Waals surface area contributed by atoms with Crippen LogP contribution in [0.25, 0.3) is 0 Å². The van der Waals surface area contributed by atoms with Crippen molar-refractivity contribution >= 4 is 33.6 Å². The van der Waals surface area contributed by atoms with Crippen molar-refractivity contribution in [1.82, 2.24) is 0 Å². The maximum absolute atomic E-state index is 13.8. The van der Waals surface area contributed by atoms with E-state index in [1.165, 1.54) is 13.8 Å². The molecule has 0 saturated carbocycles. The van der Waals surface area contributed by atoms with Gasteiger partial charge in [-0.05, 0) is 22.0 Å². The molecule has 0 spiro atoms. The first-order chi connectivity index (χ1) is 11.8. The number of phenols is 1. The van der Waals surface area contributed by atoms with Gasteiger partial charge in [0.25, 0.3) is 5.79 Å². The van der Waals surface area contributed by atoms with Gasteiger partial charge in [0.2, 0.25) is 5.75 Å². The Morgan fingerprint density at radius 1 is 1.27 bits per heavy atom. The molecule has 0 radical (unpaired) electrons. The zero-order valence-corrected chi connectivity index (χ0v) is 14.6. The predicted octanol–water partition coefficient (Wildman–Crippen LogP) is 3.32. The summed E-state index contributed by atoms with van der Waals surface area (Å²) in [6, 6.07) is 0.869. The van der Waals surface area contributed by atoms with Crippen LogP contribution in [0.5, 0.6) is 11.5 Å². The molecule has 1 saturated heterocycles. The highest BCUT2D eigenvalue weighted by Gasteiger charge is 2.39. The highest BCUT2D eigenvalue weighted by molar-refractivity contribution is 9.10. The highest BCUT2D eigenvalue weighted by Crippen LogP contribution is 2.43. The quantitative estimate of drug-likeness (QED) is 0.243. The maximum Gasteiger partial charge on any atom is 0.573 e. The minimum absolute atomic E-state index is 0.481. The molecule has 1 aromatic carbocycles. The molecule has 1 heterocycles. The summed E-state index contributed by atoms with van der Waals surface area (Å²) in [6.45, 7) is 2.63. The zero-order chi connectivity index (χ0) is 19.9. The summed E-state index contributed by atoms with van der Waals surface area (Å²) < 4.78 is 63.4. The number of phenolic OH excluding ortho intramolecular Hbond substituents is 1. The first kappa shape index (κ1) is 19.8. The van der Waals surface area contributed by atoms with Crippen LogP contribution < -0.4 is 10.1 Å². The fraction of sp³-hybridized carbons (Fsp3) is 0.286. The van der Waals surface area contributed by atoms with Crippen molar-refractivity contribution in [2.45, 2.75) is 26.0 Å². The molecule has 1 fully saturated rings. The molecule has 0 bridgehead atoms. The van der Waals surface area contributed by atoms with E-state index in [0.717, 1.165) is 12.3 Å². The third-order valence-corrected chi connectivity index (χ3v) is 3.43. The van der Waals surface area contributed by atoms with Crippen LogP contribution in [-0.4, -0.2) is 29.2 Å². The third kappa shape index (κ3) is 4.36. The van der Waals surface area contributed by atoms with Gasteiger partial charge >= 0.3 is 18.3 Å². The van der Waals surface area contributed by atoms with E-state index in [1.54, 1.807) is 0 Å². The number of nitrogens with one attached hydrogen (secondary N) is 1. The van der Waals surface area contributed by atoms with E-state index in [2.05, 4.69) is 26.0 Å². The molecule has 1 aliphatic heterocycles. The summed E-state index contributed by atoms with van der Waals surface area (Å²) in [6.07, 6.45) is -4.53. The number of aromatic hydroxyl groups is 1. The van der Waals surface area contributed by atoms with Crippen LogP contribution in [-0.2, 0) is 19.1 Å². The Morgan fingerprint density at radius 3 is 2.31 bits per heavy atom. The van der Waals surface area contributed by atoms with Crippen LogP contribution in [0.3, 0.4) is 0 Å². The number of halogens is 5. The van der Waals surface area contributed by atoms with E-state index < -0.39 is 57.1 Å². The molecule has 1 aromatic rings. The lowest BCUT2D eigenvalue weighted by molar-refractivity contribution is -0.276. The number of hydrogen-bond acceptors (Lipinski definition) is 7. The minimum Gasteiger partial charge on any atom is -0.503 e. The molecule has 0 aromatic heterocycles. The Kier molecular flexibility index (Phi) is 5.08. The second-order valence-corrected chi connectivity index (χ2v) is 6.18. The van der Waals surface area contributed by atoms with Crippen molar-refractivity contribution in [1.29, 1.82) is 0 Å². The second-order valence-electron chi connectivity index (χ2n) is 5.33. The van der Waals surface area contributed by atoms with Crippen LogP contribution in [0.15, 0.2) is 22.3 Å². The van der Waals surface area contributed by atoms with E-state index in [1.807, 2.05) is 0 Å². The number of alkyl halides is 3. The van der Waals surface area contributed by atoms with Crippen LogP contribution in [0.1, 0.15) is 13.8 Å². The Morgan fingerprint density at radius 2 is 1.81 bits per heavy atom. The number of cyclic esters (lactones) is 2.